The fourth-order valence-electron chi connectivity index (χ4n) is 0. The van der Waals surface area contributed by atoms with E-state index >= 15 is 0 Å². The zero-order valence-corrected chi connectivity index (χ0v) is 13.8. The average molecular weight is 344 g/mol. The number of carboxylic acid groups (broad SMARTS) is 3. The van der Waals surface area contributed by atoms with Gasteiger partial charge in [-0.3, -0.25) is 0 Å². The largest absolute Gasteiger partial charge is 4.00 e. The minimum Gasteiger partial charge on any atom is -0.547 e. The van der Waals surface area contributed by atoms with Gasteiger partial charge in [-0.25, -0.2) is 0 Å². The van der Waals surface area contributed by atoms with Crippen LogP contribution in [0.15, 0.2) is 0 Å². The minimum atomic E-state index is -1.44. The monoisotopic (exact) mass is 344 g/mol. The van der Waals surface area contributed by atoms with E-state index in [0.717, 1.165) is 20.8 Å². The van der Waals surface area contributed by atoms with Crippen molar-refractivity contribution >= 4 is 17.9 Å². The van der Waals surface area contributed by atoms with Gasteiger partial charge in [0.1, 0.15) is 0 Å². The van der Waals surface area contributed by atoms with Crippen molar-refractivity contribution in [3.63, 3.8) is 0 Å². The van der Waals surface area contributed by atoms with Gasteiger partial charge in [0.05, 0.1) is 36.2 Å². The standard InChI is InChI=1S/3C3H6O3.C2H5.Ti/c3*1-2(4)3(5)6;1-2;/h3*2,4H,1H3,(H,5,6);1H2,2H3;/q;;;-1;+4/p-3. The van der Waals surface area contributed by atoms with Crippen molar-refractivity contribution in [2.45, 2.75) is 46.0 Å². The average Bonchev–Trinajstić information content (AvgIpc) is 2.32. The zero-order valence-electron chi connectivity index (χ0n) is 12.2. The van der Waals surface area contributed by atoms with E-state index in [2.05, 4.69) is 6.92 Å². The maximum atomic E-state index is 9.34. The van der Waals surface area contributed by atoms with Crippen molar-refractivity contribution in [1.29, 1.82) is 0 Å². The molecule has 0 fully saturated rings. The third-order valence-corrected chi connectivity index (χ3v) is 1.02. The Morgan fingerprint density at radius 2 is 0.762 bits per heavy atom. The van der Waals surface area contributed by atoms with E-state index in [1.165, 1.54) is 0 Å². The van der Waals surface area contributed by atoms with Crippen LogP contribution in [-0.2, 0) is 36.1 Å². The molecule has 0 spiro atoms. The van der Waals surface area contributed by atoms with Crippen molar-refractivity contribution in [1.82, 2.24) is 0 Å². The van der Waals surface area contributed by atoms with E-state index in [0.29, 0.717) is 0 Å². The van der Waals surface area contributed by atoms with Gasteiger partial charge in [0.25, 0.3) is 0 Å². The molecule has 0 radical (unpaired) electrons. The Balaban J connectivity index is -0.0000000561. The number of hydrogen-bond donors (Lipinski definition) is 3. The molecule has 9 nitrogen and oxygen atoms in total. The first-order valence-corrected chi connectivity index (χ1v) is 5.30. The molecule has 0 aliphatic carbocycles. The summed E-state index contributed by atoms with van der Waals surface area (Å²) < 4.78 is 0. The molecule has 0 aromatic carbocycles. The molecule has 0 saturated heterocycles. The van der Waals surface area contributed by atoms with Crippen LogP contribution in [0, 0.1) is 6.92 Å². The number of hydrogen-bond acceptors (Lipinski definition) is 9. The molecule has 0 aliphatic rings. The minimum absolute atomic E-state index is 0. The first kappa shape index (κ1) is 32.1. The Kier molecular flexibility index (Phi) is 32.6. The molecular formula is C11H20O9Ti. The van der Waals surface area contributed by atoms with Gasteiger partial charge in [-0.05, 0) is 20.8 Å². The molecule has 0 saturated carbocycles. The number of aliphatic carboxylic acids is 3. The quantitative estimate of drug-likeness (QED) is 0.334. The van der Waals surface area contributed by atoms with Gasteiger partial charge >= 0.3 is 21.7 Å². The van der Waals surface area contributed by atoms with Crippen molar-refractivity contribution < 1.29 is 66.7 Å². The van der Waals surface area contributed by atoms with Crippen LogP contribution in [-0.4, -0.2) is 51.5 Å². The second-order valence-corrected chi connectivity index (χ2v) is 2.99. The van der Waals surface area contributed by atoms with Crippen molar-refractivity contribution in [2.75, 3.05) is 0 Å². The summed E-state index contributed by atoms with van der Waals surface area (Å²) in [5.41, 5.74) is 0. The molecule has 0 rings (SSSR count). The summed E-state index contributed by atoms with van der Waals surface area (Å²) in [5, 5.41) is 51.9. The Hall–Kier alpha value is -0.996. The smallest absolute Gasteiger partial charge is 0.547 e. The normalized spacial score (nSPS) is 12.0. The van der Waals surface area contributed by atoms with Gasteiger partial charge in [-0.1, -0.05) is 0 Å². The molecule has 0 bridgehead atoms. The molecule has 0 aromatic heterocycles. The Morgan fingerprint density at radius 1 is 0.714 bits per heavy atom. The van der Waals surface area contributed by atoms with Gasteiger partial charge in [-0.2, -0.15) is 6.92 Å². The summed E-state index contributed by atoms with van der Waals surface area (Å²) in [7, 11) is 0. The number of rotatable bonds is 3. The molecule has 0 aliphatic heterocycles. The Bertz CT molecular complexity index is 222. The summed E-state index contributed by atoms with van der Waals surface area (Å²) in [6, 6.07) is 0. The van der Waals surface area contributed by atoms with Crippen LogP contribution < -0.4 is 15.3 Å². The topological polar surface area (TPSA) is 181 Å². The molecule has 0 heterocycles. The van der Waals surface area contributed by atoms with Gasteiger partial charge in [0.2, 0.25) is 0 Å². The second kappa shape index (κ2) is 21.3. The summed E-state index contributed by atoms with van der Waals surface area (Å²) >= 11 is 0. The fourth-order valence-corrected chi connectivity index (χ4v) is 0. The summed E-state index contributed by atoms with van der Waals surface area (Å²) in [6.07, 6.45) is -4.03. The predicted molar refractivity (Wildman–Crippen MR) is 61.1 cm³/mol. The second-order valence-electron chi connectivity index (χ2n) is 2.99. The van der Waals surface area contributed by atoms with Gasteiger partial charge in [0.15, 0.2) is 0 Å². The van der Waals surface area contributed by atoms with E-state index < -0.39 is 36.2 Å². The summed E-state index contributed by atoms with van der Waals surface area (Å²) in [4.78, 5) is 28.0. The molecule has 0 amide bonds. The van der Waals surface area contributed by atoms with E-state index in [1.54, 1.807) is 6.92 Å². The van der Waals surface area contributed by atoms with Crippen LogP contribution in [0.2, 0.25) is 0 Å². The van der Waals surface area contributed by atoms with E-state index in [-0.39, 0.29) is 21.7 Å². The summed E-state index contributed by atoms with van der Waals surface area (Å²) in [6.45, 7) is 8.40. The first-order chi connectivity index (χ1) is 8.93. The van der Waals surface area contributed by atoms with Gasteiger partial charge in [0, 0.05) is 0 Å². The Labute approximate surface area is 138 Å². The molecule has 10 heteroatoms. The first-order valence-electron chi connectivity index (χ1n) is 5.30. The van der Waals surface area contributed by atoms with Crippen LogP contribution in [0.25, 0.3) is 0 Å². The van der Waals surface area contributed by atoms with Crippen molar-refractivity contribution in [2.24, 2.45) is 0 Å². The number of carbonyl (C=O) groups excluding carboxylic acids is 3. The predicted octanol–water partition coefficient (Wildman–Crippen LogP) is -4.81. The van der Waals surface area contributed by atoms with E-state index in [9.17, 15) is 29.7 Å². The molecular weight excluding hydrogens is 324 g/mol. The molecule has 3 N–H and O–H groups in total. The van der Waals surface area contributed by atoms with Crippen molar-refractivity contribution in [3.8, 4) is 0 Å². The van der Waals surface area contributed by atoms with Crippen LogP contribution in [0.5, 0.6) is 0 Å². The zero-order chi connectivity index (χ0) is 17.5. The Morgan fingerprint density at radius 3 is 0.762 bits per heavy atom. The maximum absolute atomic E-state index is 9.34. The number of carboxylic acids is 3. The number of carbonyl (C=O) groups is 3. The fraction of sp³-hybridized carbons (Fsp3) is 0.636. The molecule has 21 heavy (non-hydrogen) atoms. The van der Waals surface area contributed by atoms with E-state index in [4.69, 9.17) is 15.3 Å². The number of aliphatic hydroxyl groups is 3. The molecule has 3 atom stereocenters. The third kappa shape index (κ3) is 45.4. The molecule has 122 valence electrons. The van der Waals surface area contributed by atoms with Crippen LogP contribution in [0.1, 0.15) is 27.7 Å². The summed E-state index contributed by atoms with van der Waals surface area (Å²) in [5.74, 6) is -4.31. The molecule has 3 unspecified atom stereocenters. The van der Waals surface area contributed by atoms with E-state index in [1.807, 2.05) is 0 Å². The van der Waals surface area contributed by atoms with Crippen molar-refractivity contribution in [3.05, 3.63) is 6.92 Å². The number of aliphatic hydroxyl groups excluding tert-OH is 3. The van der Waals surface area contributed by atoms with Gasteiger partial charge in [-0.15, -0.1) is 0 Å². The van der Waals surface area contributed by atoms with Crippen LogP contribution in [0.3, 0.4) is 0 Å². The van der Waals surface area contributed by atoms with Crippen LogP contribution in [0.4, 0.5) is 0 Å². The third-order valence-electron chi connectivity index (χ3n) is 1.02. The van der Waals surface area contributed by atoms with Crippen LogP contribution >= 0.6 is 0 Å². The maximum Gasteiger partial charge on any atom is 4.00 e. The molecule has 0 aromatic rings. The van der Waals surface area contributed by atoms with Gasteiger partial charge < -0.3 is 51.9 Å². The SMILES string of the molecule is CC(O)C(=O)[O-].CC(O)C(=O)[O-].CC(O)C(=O)[O-].[CH2-]C.[Ti+4].